The molecule has 3 aliphatic heterocycles. The van der Waals surface area contributed by atoms with Crippen LogP contribution in [-0.2, 0) is 11.3 Å². The molecule has 0 bridgehead atoms. The summed E-state index contributed by atoms with van der Waals surface area (Å²) >= 11 is 0. The van der Waals surface area contributed by atoms with Crippen LogP contribution in [0.25, 0.3) is 0 Å². The maximum Gasteiger partial charge on any atom is 0.392 e. The molecule has 1 unspecified atom stereocenters. The maximum atomic E-state index is 13.0. The summed E-state index contributed by atoms with van der Waals surface area (Å²) in [6.45, 7) is 4.16. The van der Waals surface area contributed by atoms with E-state index >= 15 is 0 Å². The van der Waals surface area contributed by atoms with Crippen molar-refractivity contribution >= 4 is 23.7 Å². The van der Waals surface area contributed by atoms with Crippen LogP contribution < -0.4 is 0 Å². The third-order valence-electron chi connectivity index (χ3n) is 5.49. The maximum absolute atomic E-state index is 13.0. The fourth-order valence-corrected chi connectivity index (χ4v) is 3.79. The number of imide groups is 1. The van der Waals surface area contributed by atoms with E-state index in [9.17, 15) is 9.59 Å². The lowest BCUT2D eigenvalue weighted by Gasteiger charge is -2.33. The zero-order valence-corrected chi connectivity index (χ0v) is 16.0. The van der Waals surface area contributed by atoms with Crippen molar-refractivity contribution in [2.24, 2.45) is 4.99 Å². The molecule has 3 aliphatic rings. The average Bonchev–Trinajstić information content (AvgIpc) is 3.05. The summed E-state index contributed by atoms with van der Waals surface area (Å²) in [4.78, 5) is 37.1. The number of carbonyl (C=O) groups excluding carboxylic acids is 2. The number of guanidine groups is 1. The summed E-state index contributed by atoms with van der Waals surface area (Å²) in [5, 5.41) is 0. The summed E-state index contributed by atoms with van der Waals surface area (Å²) < 4.78 is 2.22. The first-order valence-electron chi connectivity index (χ1n) is 9.22. The number of piperazine rings is 1. The summed E-state index contributed by atoms with van der Waals surface area (Å²) in [7, 11) is 5.33. The van der Waals surface area contributed by atoms with Gasteiger partial charge in [-0.15, -0.1) is 0 Å². The number of benzene rings is 1. The lowest BCUT2D eigenvalue weighted by Crippen LogP contribution is -2.62. The molecular weight excluding hydrogens is 344 g/mol. The molecule has 0 aliphatic carbocycles. The molecular formula is C19H25N6O2+. The Morgan fingerprint density at radius 2 is 1.70 bits per heavy atom. The third kappa shape index (κ3) is 2.99. The Balaban J connectivity index is 1.76. The molecule has 0 spiro atoms. The first kappa shape index (κ1) is 17.7. The minimum Gasteiger partial charge on any atom is -0.300 e. The highest BCUT2D eigenvalue weighted by atomic mass is 16.2. The molecule has 8 nitrogen and oxygen atoms in total. The molecule has 0 radical (unpaired) electrons. The van der Waals surface area contributed by atoms with Crippen LogP contribution in [0.3, 0.4) is 0 Å². The van der Waals surface area contributed by atoms with Crippen LogP contribution in [0.1, 0.15) is 5.56 Å². The molecule has 8 heteroatoms. The molecule has 0 saturated carbocycles. The van der Waals surface area contributed by atoms with Gasteiger partial charge >= 0.3 is 12.0 Å². The van der Waals surface area contributed by atoms with E-state index < -0.39 is 6.04 Å². The van der Waals surface area contributed by atoms with E-state index in [1.165, 1.54) is 16.8 Å². The van der Waals surface area contributed by atoms with Crippen LogP contribution in [0.2, 0.25) is 0 Å². The van der Waals surface area contributed by atoms with E-state index in [2.05, 4.69) is 16.5 Å². The number of aliphatic imine (C=N–C) groups is 1. The molecule has 2 fully saturated rings. The van der Waals surface area contributed by atoms with Crippen molar-refractivity contribution in [1.29, 1.82) is 0 Å². The van der Waals surface area contributed by atoms with Gasteiger partial charge in [-0.05, 0) is 12.6 Å². The number of likely N-dealkylation sites (N-methyl/N-ethyl adjacent to an activating group) is 3. The van der Waals surface area contributed by atoms with Gasteiger partial charge in [-0.1, -0.05) is 35.3 Å². The lowest BCUT2D eigenvalue weighted by molar-refractivity contribution is -0.544. The van der Waals surface area contributed by atoms with Gasteiger partial charge < -0.3 is 4.90 Å². The smallest absolute Gasteiger partial charge is 0.300 e. The van der Waals surface area contributed by atoms with E-state index in [0.717, 1.165) is 37.7 Å². The van der Waals surface area contributed by atoms with Gasteiger partial charge in [0.15, 0.2) is 0 Å². The van der Waals surface area contributed by atoms with Crippen molar-refractivity contribution in [3.05, 3.63) is 35.9 Å². The van der Waals surface area contributed by atoms with Gasteiger partial charge in [-0.25, -0.2) is 9.69 Å². The highest BCUT2D eigenvalue weighted by Gasteiger charge is 2.55. The van der Waals surface area contributed by atoms with Crippen molar-refractivity contribution in [2.75, 3.05) is 47.3 Å². The number of amides is 3. The fraction of sp³-hybridized carbons (Fsp3) is 0.474. The highest BCUT2D eigenvalue weighted by Crippen LogP contribution is 2.25. The molecule has 2 saturated heterocycles. The number of amidine groups is 1. The van der Waals surface area contributed by atoms with Crippen LogP contribution in [-0.4, -0.2) is 101 Å². The fourth-order valence-electron chi connectivity index (χ4n) is 3.79. The monoisotopic (exact) mass is 369 g/mol. The molecule has 1 aromatic rings. The molecule has 1 aromatic carbocycles. The van der Waals surface area contributed by atoms with Crippen LogP contribution in [0.15, 0.2) is 35.3 Å². The number of hydrogen-bond donors (Lipinski definition) is 0. The topological polar surface area (TPSA) is 62.5 Å². The Labute approximate surface area is 159 Å². The van der Waals surface area contributed by atoms with Gasteiger partial charge in [0, 0.05) is 27.2 Å². The minimum absolute atomic E-state index is 0.225. The van der Waals surface area contributed by atoms with Crippen LogP contribution >= 0.6 is 0 Å². The standard InChI is InChI=1S/C19H25N6O2/c1-21-9-11-24(12-10-21)18-20-16-15(17(26)23(3)19(27)22(16)2)25(18)13-14-7-5-4-6-8-14/h4-8,15H,9-13H2,1-3H3/q+1. The van der Waals surface area contributed by atoms with E-state index in [1.54, 1.807) is 7.05 Å². The largest absolute Gasteiger partial charge is 0.392 e. The Kier molecular flexibility index (Phi) is 4.43. The SMILES string of the molecule is CN1CC[N+](=C2N=C3C(C(=O)N(C)C(=O)N3C)N2Cc2ccccc2)CC1. The van der Waals surface area contributed by atoms with Gasteiger partial charge in [-0.2, -0.15) is 0 Å². The number of nitrogens with zero attached hydrogens (tertiary/aromatic N) is 6. The average molecular weight is 369 g/mol. The van der Waals surface area contributed by atoms with Crippen LogP contribution in [0.5, 0.6) is 0 Å². The summed E-state index contributed by atoms with van der Waals surface area (Å²) in [5.41, 5.74) is 1.11. The Morgan fingerprint density at radius 3 is 2.37 bits per heavy atom. The Bertz CT molecular complexity index is 824. The molecule has 27 heavy (non-hydrogen) atoms. The first-order valence-corrected chi connectivity index (χ1v) is 9.22. The number of rotatable bonds is 2. The quantitative estimate of drug-likeness (QED) is 0.694. The van der Waals surface area contributed by atoms with Crippen molar-refractivity contribution < 1.29 is 14.2 Å². The van der Waals surface area contributed by atoms with E-state index in [1.807, 2.05) is 35.2 Å². The number of hydrogen-bond acceptors (Lipinski definition) is 3. The van der Waals surface area contributed by atoms with Crippen molar-refractivity contribution in [3.63, 3.8) is 0 Å². The molecule has 0 N–H and O–H groups in total. The minimum atomic E-state index is -0.562. The molecule has 3 amide bonds. The number of carbonyl (C=O) groups is 2. The zero-order chi connectivity index (χ0) is 19.1. The van der Waals surface area contributed by atoms with Gasteiger partial charge in [0.05, 0.1) is 19.6 Å². The zero-order valence-electron chi connectivity index (χ0n) is 16.0. The third-order valence-corrected chi connectivity index (χ3v) is 5.49. The molecule has 4 rings (SSSR count). The lowest BCUT2D eigenvalue weighted by atomic mass is 10.1. The molecule has 142 valence electrons. The van der Waals surface area contributed by atoms with Crippen molar-refractivity contribution in [2.45, 2.75) is 12.6 Å². The normalized spacial score (nSPS) is 23.9. The second-order valence-corrected chi connectivity index (χ2v) is 7.32. The summed E-state index contributed by atoms with van der Waals surface area (Å²) in [6, 6.07) is 9.16. The predicted molar refractivity (Wildman–Crippen MR) is 102 cm³/mol. The van der Waals surface area contributed by atoms with E-state index in [-0.39, 0.29) is 11.9 Å². The van der Waals surface area contributed by atoms with Gasteiger partial charge in [0.25, 0.3) is 5.91 Å². The van der Waals surface area contributed by atoms with E-state index in [0.29, 0.717) is 12.4 Å². The Morgan fingerprint density at radius 1 is 1.04 bits per heavy atom. The van der Waals surface area contributed by atoms with Gasteiger partial charge in [0.1, 0.15) is 0 Å². The molecule has 0 aromatic heterocycles. The number of fused-ring (bicyclic) bond motifs is 1. The first-order chi connectivity index (χ1) is 13.0. The van der Waals surface area contributed by atoms with Crippen molar-refractivity contribution in [3.8, 4) is 0 Å². The summed E-state index contributed by atoms with van der Waals surface area (Å²) in [6.07, 6.45) is 0. The predicted octanol–water partition coefficient (Wildman–Crippen LogP) is 0.107. The molecule has 1 atom stereocenters. The number of urea groups is 1. The van der Waals surface area contributed by atoms with Crippen LogP contribution in [0, 0.1) is 0 Å². The van der Waals surface area contributed by atoms with Crippen molar-refractivity contribution in [1.82, 2.24) is 19.6 Å². The van der Waals surface area contributed by atoms with Crippen LogP contribution in [0.4, 0.5) is 4.79 Å². The van der Waals surface area contributed by atoms with E-state index in [4.69, 9.17) is 4.99 Å². The van der Waals surface area contributed by atoms with Gasteiger partial charge in [-0.3, -0.25) is 19.2 Å². The van der Waals surface area contributed by atoms with Gasteiger partial charge in [0.2, 0.25) is 11.9 Å². The Hall–Kier alpha value is -2.74. The second-order valence-electron chi connectivity index (χ2n) is 7.32. The summed E-state index contributed by atoms with van der Waals surface area (Å²) in [5.74, 6) is 1.08. The molecule has 3 heterocycles. The highest BCUT2D eigenvalue weighted by molar-refractivity contribution is 6.25. The second kappa shape index (κ2) is 6.77.